The molecule has 1 aromatic carbocycles. The van der Waals surface area contributed by atoms with Crippen molar-refractivity contribution in [3.05, 3.63) is 57.8 Å². The van der Waals surface area contributed by atoms with Crippen molar-refractivity contribution in [3.63, 3.8) is 0 Å². The van der Waals surface area contributed by atoms with Gasteiger partial charge in [-0.15, -0.1) is 0 Å². The zero-order chi connectivity index (χ0) is 14.7. The quantitative estimate of drug-likeness (QED) is 0.679. The number of benzene rings is 1. The van der Waals surface area contributed by atoms with Gasteiger partial charge >= 0.3 is 5.97 Å². The predicted molar refractivity (Wildman–Crippen MR) is 69.1 cm³/mol. The highest BCUT2D eigenvalue weighted by molar-refractivity contribution is 5.87. The monoisotopic (exact) mass is 274 g/mol. The highest BCUT2D eigenvalue weighted by atomic mass is 16.6. The fourth-order valence-electron chi connectivity index (χ4n) is 1.58. The summed E-state index contributed by atoms with van der Waals surface area (Å²) in [6, 6.07) is 7.10. The fourth-order valence-corrected chi connectivity index (χ4v) is 1.58. The highest BCUT2D eigenvalue weighted by Gasteiger charge is 2.11. The standard InChI is InChI=1S/C13H10N2O5/c1-8-6-10(3-4-11(8)15(18)19)20-12-5-2-9(7-14-12)13(16)17/h2-7H,1H3,(H,16,17). The van der Waals surface area contributed by atoms with Crippen LogP contribution in [0.25, 0.3) is 0 Å². The first-order valence-electron chi connectivity index (χ1n) is 5.59. The molecule has 1 heterocycles. The lowest BCUT2D eigenvalue weighted by Gasteiger charge is -2.05. The number of hydrogen-bond acceptors (Lipinski definition) is 5. The molecule has 1 N–H and O–H groups in total. The molecule has 0 aliphatic carbocycles. The Bertz CT molecular complexity index is 667. The molecule has 2 rings (SSSR count). The summed E-state index contributed by atoms with van der Waals surface area (Å²) in [5, 5.41) is 19.4. The van der Waals surface area contributed by atoms with Crippen LogP contribution in [0.1, 0.15) is 15.9 Å². The number of nitro groups is 1. The molecule has 0 aliphatic rings. The second kappa shape index (κ2) is 5.35. The number of aromatic nitrogens is 1. The van der Waals surface area contributed by atoms with Crippen LogP contribution < -0.4 is 4.74 Å². The van der Waals surface area contributed by atoms with Crippen LogP contribution in [0.4, 0.5) is 5.69 Å². The van der Waals surface area contributed by atoms with Crippen molar-refractivity contribution in [1.29, 1.82) is 0 Å². The van der Waals surface area contributed by atoms with Crippen molar-refractivity contribution in [1.82, 2.24) is 4.98 Å². The molecule has 0 aliphatic heterocycles. The van der Waals surface area contributed by atoms with Gasteiger partial charge in [-0.3, -0.25) is 10.1 Å². The van der Waals surface area contributed by atoms with Gasteiger partial charge in [0.25, 0.3) is 5.69 Å². The van der Waals surface area contributed by atoms with E-state index in [1.54, 1.807) is 6.92 Å². The number of ether oxygens (including phenoxy) is 1. The maximum atomic E-state index is 10.7. The van der Waals surface area contributed by atoms with Gasteiger partial charge in [0, 0.05) is 23.9 Å². The molecule has 0 fully saturated rings. The molecule has 102 valence electrons. The number of rotatable bonds is 4. The van der Waals surface area contributed by atoms with Crippen molar-refractivity contribution in [2.75, 3.05) is 0 Å². The molecule has 0 saturated carbocycles. The summed E-state index contributed by atoms with van der Waals surface area (Å²) in [4.78, 5) is 24.7. The average Bonchev–Trinajstić information content (AvgIpc) is 2.39. The van der Waals surface area contributed by atoms with Crippen molar-refractivity contribution < 1.29 is 19.6 Å². The Morgan fingerprint density at radius 2 is 2.10 bits per heavy atom. The van der Waals surface area contributed by atoms with Crippen molar-refractivity contribution in [2.45, 2.75) is 6.92 Å². The number of aryl methyl sites for hydroxylation is 1. The van der Waals surface area contributed by atoms with Crippen molar-refractivity contribution in [3.8, 4) is 11.6 Å². The SMILES string of the molecule is Cc1cc(Oc2ccc(C(=O)O)cn2)ccc1[N+](=O)[O-]. The van der Waals surface area contributed by atoms with E-state index in [0.717, 1.165) is 0 Å². The van der Waals surface area contributed by atoms with E-state index in [2.05, 4.69) is 4.98 Å². The number of nitro benzene ring substituents is 1. The first-order chi connectivity index (χ1) is 9.47. The molecule has 0 radical (unpaired) electrons. The van der Waals surface area contributed by atoms with Crippen LogP contribution >= 0.6 is 0 Å². The smallest absolute Gasteiger partial charge is 0.337 e. The van der Waals surface area contributed by atoms with Crippen LogP contribution in [0.15, 0.2) is 36.5 Å². The Hall–Kier alpha value is -2.96. The number of aromatic carboxylic acids is 1. The fraction of sp³-hybridized carbons (Fsp3) is 0.0769. The van der Waals surface area contributed by atoms with Gasteiger partial charge < -0.3 is 9.84 Å². The Balaban J connectivity index is 2.19. The molecule has 0 amide bonds. The minimum absolute atomic E-state index is 0.00605. The number of nitrogens with zero attached hydrogens (tertiary/aromatic N) is 2. The van der Waals surface area contributed by atoms with E-state index >= 15 is 0 Å². The summed E-state index contributed by atoms with van der Waals surface area (Å²) < 4.78 is 5.40. The summed E-state index contributed by atoms with van der Waals surface area (Å²) >= 11 is 0. The maximum Gasteiger partial charge on any atom is 0.337 e. The molecule has 0 bridgehead atoms. The van der Waals surface area contributed by atoms with E-state index in [1.807, 2.05) is 0 Å². The van der Waals surface area contributed by atoms with E-state index in [-0.39, 0.29) is 17.1 Å². The number of carboxylic acid groups (broad SMARTS) is 1. The van der Waals surface area contributed by atoms with E-state index in [4.69, 9.17) is 9.84 Å². The van der Waals surface area contributed by atoms with E-state index in [9.17, 15) is 14.9 Å². The summed E-state index contributed by atoms with van der Waals surface area (Å²) in [7, 11) is 0. The van der Waals surface area contributed by atoms with Crippen molar-refractivity contribution in [2.24, 2.45) is 0 Å². The van der Waals surface area contributed by atoms with Gasteiger partial charge in [0.2, 0.25) is 5.88 Å². The maximum absolute atomic E-state index is 10.7. The normalized spacial score (nSPS) is 10.1. The molecule has 0 unspecified atom stereocenters. The Labute approximate surface area is 113 Å². The Kier molecular flexibility index (Phi) is 3.60. The molecule has 2 aromatic rings. The van der Waals surface area contributed by atoms with Gasteiger partial charge in [-0.1, -0.05) is 0 Å². The van der Waals surface area contributed by atoms with E-state index < -0.39 is 10.9 Å². The lowest BCUT2D eigenvalue weighted by atomic mass is 10.2. The largest absolute Gasteiger partial charge is 0.478 e. The van der Waals surface area contributed by atoms with Crippen LogP contribution in [0.5, 0.6) is 11.6 Å². The lowest BCUT2D eigenvalue weighted by molar-refractivity contribution is -0.385. The molecule has 0 spiro atoms. The van der Waals surface area contributed by atoms with Crippen LogP contribution in [0, 0.1) is 17.0 Å². The minimum atomic E-state index is -1.07. The molecule has 7 heteroatoms. The molecular formula is C13H10N2O5. The minimum Gasteiger partial charge on any atom is -0.478 e. The van der Waals surface area contributed by atoms with Gasteiger partial charge in [-0.2, -0.15) is 0 Å². The molecule has 0 saturated heterocycles. The molecule has 0 atom stereocenters. The van der Waals surface area contributed by atoms with Crippen LogP contribution in [0.3, 0.4) is 0 Å². The first-order valence-corrected chi connectivity index (χ1v) is 5.59. The zero-order valence-corrected chi connectivity index (χ0v) is 10.4. The topological polar surface area (TPSA) is 103 Å². The summed E-state index contributed by atoms with van der Waals surface area (Å²) in [5.41, 5.74) is 0.526. The number of carboxylic acids is 1. The van der Waals surface area contributed by atoms with Gasteiger partial charge in [0.05, 0.1) is 10.5 Å². The van der Waals surface area contributed by atoms with E-state index in [1.165, 1.54) is 36.5 Å². The predicted octanol–water partition coefficient (Wildman–Crippen LogP) is 2.79. The first kappa shape index (κ1) is 13.5. The summed E-state index contributed by atoms with van der Waals surface area (Å²) in [6.07, 6.45) is 1.18. The van der Waals surface area contributed by atoms with Gasteiger partial charge in [-0.25, -0.2) is 9.78 Å². The highest BCUT2D eigenvalue weighted by Crippen LogP contribution is 2.26. The number of pyridine rings is 1. The van der Waals surface area contributed by atoms with E-state index in [0.29, 0.717) is 11.3 Å². The molecule has 20 heavy (non-hydrogen) atoms. The van der Waals surface area contributed by atoms with Crippen LogP contribution in [-0.2, 0) is 0 Å². The number of carbonyl (C=O) groups is 1. The third kappa shape index (κ3) is 2.89. The van der Waals surface area contributed by atoms with Crippen LogP contribution in [-0.4, -0.2) is 21.0 Å². The molecule has 1 aromatic heterocycles. The Morgan fingerprint density at radius 3 is 2.60 bits per heavy atom. The molecular weight excluding hydrogens is 264 g/mol. The second-order valence-electron chi connectivity index (χ2n) is 4.00. The van der Waals surface area contributed by atoms with Crippen LogP contribution in [0.2, 0.25) is 0 Å². The van der Waals surface area contributed by atoms with Gasteiger partial charge in [0.15, 0.2) is 0 Å². The summed E-state index contributed by atoms with van der Waals surface area (Å²) in [6.45, 7) is 1.60. The lowest BCUT2D eigenvalue weighted by Crippen LogP contribution is -1.97. The van der Waals surface area contributed by atoms with Gasteiger partial charge in [0.1, 0.15) is 5.75 Å². The number of hydrogen-bond donors (Lipinski definition) is 1. The molecule has 7 nitrogen and oxygen atoms in total. The van der Waals surface area contributed by atoms with Gasteiger partial charge in [-0.05, 0) is 25.1 Å². The summed E-state index contributed by atoms with van der Waals surface area (Å²) in [5.74, 6) is -0.470. The third-order valence-electron chi connectivity index (χ3n) is 2.57. The third-order valence-corrected chi connectivity index (χ3v) is 2.57. The zero-order valence-electron chi connectivity index (χ0n) is 10.4. The average molecular weight is 274 g/mol. The second-order valence-corrected chi connectivity index (χ2v) is 4.00. The Morgan fingerprint density at radius 1 is 1.35 bits per heavy atom. The van der Waals surface area contributed by atoms with Crippen molar-refractivity contribution >= 4 is 11.7 Å².